The van der Waals surface area contributed by atoms with Crippen LogP contribution in [0.15, 0.2) is 17.0 Å². The summed E-state index contributed by atoms with van der Waals surface area (Å²) >= 11 is 0. The Bertz CT molecular complexity index is 556. The highest BCUT2D eigenvalue weighted by atomic mass is 32.2. The van der Waals surface area contributed by atoms with E-state index in [-0.39, 0.29) is 23.0 Å². The van der Waals surface area contributed by atoms with Crippen LogP contribution in [-0.2, 0) is 16.6 Å². The average Bonchev–Trinajstić information content (AvgIpc) is 2.32. The minimum absolute atomic E-state index is 0.00324. The van der Waals surface area contributed by atoms with E-state index in [4.69, 9.17) is 5.73 Å². The summed E-state index contributed by atoms with van der Waals surface area (Å²) in [4.78, 5) is 0.00324. The average molecular weight is 288 g/mol. The van der Waals surface area contributed by atoms with Crippen LogP contribution in [0.4, 0.5) is 4.39 Å². The Balaban J connectivity index is 3.47. The Hall–Kier alpha value is -0.980. The normalized spacial score (nSPS) is 12.4. The van der Waals surface area contributed by atoms with E-state index in [1.54, 1.807) is 20.8 Å². The van der Waals surface area contributed by atoms with Gasteiger partial charge in [-0.3, -0.25) is 0 Å². The van der Waals surface area contributed by atoms with Crippen molar-refractivity contribution in [2.24, 2.45) is 5.73 Å². The van der Waals surface area contributed by atoms with Crippen molar-refractivity contribution in [3.05, 3.63) is 29.1 Å². The molecule has 0 aromatic heterocycles. The molecule has 0 spiro atoms. The summed E-state index contributed by atoms with van der Waals surface area (Å²) in [5, 5.41) is 0. The predicted molar refractivity (Wildman–Crippen MR) is 73.7 cm³/mol. The number of benzene rings is 1. The molecule has 0 aliphatic heterocycles. The quantitative estimate of drug-likeness (QED) is 0.901. The monoisotopic (exact) mass is 288 g/mol. The predicted octanol–water partition coefficient (Wildman–Crippen LogP) is 2.01. The Morgan fingerprint density at radius 3 is 2.37 bits per heavy atom. The lowest BCUT2D eigenvalue weighted by Gasteiger charge is -2.25. The molecular weight excluding hydrogens is 267 g/mol. The Labute approximate surface area is 114 Å². The molecule has 0 saturated heterocycles. The molecule has 0 aliphatic rings. The van der Waals surface area contributed by atoms with Gasteiger partial charge in [0.25, 0.3) is 0 Å². The lowest BCUT2D eigenvalue weighted by molar-refractivity contribution is 0.368. The summed E-state index contributed by atoms with van der Waals surface area (Å²) in [5.41, 5.74) is 6.08. The third-order valence-electron chi connectivity index (χ3n) is 3.07. The molecule has 6 heteroatoms. The lowest BCUT2D eigenvalue weighted by atomic mass is 10.1. The molecule has 0 fully saturated rings. The SMILES string of the molecule is CCN(C(C)C)S(=O)(=O)c1cc(CN)cc(F)c1C. The van der Waals surface area contributed by atoms with E-state index in [0.29, 0.717) is 12.1 Å². The molecule has 0 bridgehead atoms. The summed E-state index contributed by atoms with van der Waals surface area (Å²) in [6, 6.07) is 2.55. The van der Waals surface area contributed by atoms with Crippen LogP contribution in [0.5, 0.6) is 0 Å². The smallest absolute Gasteiger partial charge is 0.243 e. The number of nitrogens with zero attached hydrogens (tertiary/aromatic N) is 1. The fourth-order valence-corrected chi connectivity index (χ4v) is 3.96. The molecule has 0 radical (unpaired) electrons. The van der Waals surface area contributed by atoms with Crippen LogP contribution in [0.2, 0.25) is 0 Å². The molecule has 4 nitrogen and oxygen atoms in total. The number of rotatable bonds is 5. The summed E-state index contributed by atoms with van der Waals surface area (Å²) in [6.07, 6.45) is 0. The fraction of sp³-hybridized carbons (Fsp3) is 0.538. The molecule has 0 heterocycles. The first-order chi connectivity index (χ1) is 8.75. The van der Waals surface area contributed by atoms with Gasteiger partial charge in [-0.2, -0.15) is 4.31 Å². The zero-order valence-electron chi connectivity index (χ0n) is 11.8. The molecule has 0 amide bonds. The highest BCUT2D eigenvalue weighted by molar-refractivity contribution is 7.89. The van der Waals surface area contributed by atoms with Crippen molar-refractivity contribution >= 4 is 10.0 Å². The van der Waals surface area contributed by atoms with Crippen molar-refractivity contribution in [1.82, 2.24) is 4.31 Å². The largest absolute Gasteiger partial charge is 0.326 e. The van der Waals surface area contributed by atoms with Gasteiger partial charge in [-0.1, -0.05) is 6.92 Å². The molecule has 0 atom stereocenters. The van der Waals surface area contributed by atoms with E-state index < -0.39 is 15.8 Å². The molecule has 19 heavy (non-hydrogen) atoms. The maximum absolute atomic E-state index is 13.8. The van der Waals surface area contributed by atoms with Gasteiger partial charge in [-0.15, -0.1) is 0 Å². The van der Waals surface area contributed by atoms with Gasteiger partial charge in [-0.05, 0) is 38.5 Å². The lowest BCUT2D eigenvalue weighted by Crippen LogP contribution is -2.37. The molecule has 108 valence electrons. The molecule has 0 aliphatic carbocycles. The maximum atomic E-state index is 13.8. The van der Waals surface area contributed by atoms with E-state index >= 15 is 0 Å². The van der Waals surface area contributed by atoms with Crippen LogP contribution in [0.25, 0.3) is 0 Å². The van der Waals surface area contributed by atoms with Gasteiger partial charge in [-0.25, -0.2) is 12.8 Å². The third kappa shape index (κ3) is 3.13. The van der Waals surface area contributed by atoms with Crippen molar-refractivity contribution in [3.63, 3.8) is 0 Å². The first-order valence-electron chi connectivity index (χ1n) is 6.26. The minimum Gasteiger partial charge on any atom is -0.326 e. The topological polar surface area (TPSA) is 63.4 Å². The summed E-state index contributed by atoms with van der Waals surface area (Å²) in [6.45, 7) is 7.26. The van der Waals surface area contributed by atoms with Crippen molar-refractivity contribution in [3.8, 4) is 0 Å². The van der Waals surface area contributed by atoms with E-state index in [1.165, 1.54) is 23.4 Å². The molecule has 0 unspecified atom stereocenters. The van der Waals surface area contributed by atoms with Gasteiger partial charge in [0.15, 0.2) is 0 Å². The van der Waals surface area contributed by atoms with Crippen molar-refractivity contribution < 1.29 is 12.8 Å². The molecule has 1 aromatic carbocycles. The van der Waals surface area contributed by atoms with Gasteiger partial charge in [0.1, 0.15) is 5.82 Å². The second-order valence-electron chi connectivity index (χ2n) is 4.71. The first-order valence-corrected chi connectivity index (χ1v) is 7.70. The Kier molecular flexibility index (Phi) is 5.06. The summed E-state index contributed by atoms with van der Waals surface area (Å²) < 4.78 is 40.3. The standard InChI is InChI=1S/C13H21FN2O2S/c1-5-16(9(2)3)19(17,18)13-7-11(8-15)6-12(14)10(13)4/h6-7,9H,5,8,15H2,1-4H3. The zero-order chi connectivity index (χ0) is 14.8. The number of sulfonamides is 1. The van der Waals surface area contributed by atoms with Crippen LogP contribution in [0, 0.1) is 12.7 Å². The van der Waals surface area contributed by atoms with Gasteiger partial charge in [0, 0.05) is 24.7 Å². The fourth-order valence-electron chi connectivity index (χ4n) is 2.03. The number of halogens is 1. The van der Waals surface area contributed by atoms with Gasteiger partial charge >= 0.3 is 0 Å². The molecule has 1 aromatic rings. The minimum atomic E-state index is -3.70. The number of hydrogen-bond acceptors (Lipinski definition) is 3. The summed E-state index contributed by atoms with van der Waals surface area (Å²) in [5.74, 6) is -0.540. The first kappa shape index (κ1) is 16.1. The zero-order valence-corrected chi connectivity index (χ0v) is 12.6. The molecule has 0 saturated carbocycles. The van der Waals surface area contributed by atoms with Gasteiger partial charge in [0.2, 0.25) is 10.0 Å². The van der Waals surface area contributed by atoms with E-state index in [1.807, 2.05) is 0 Å². The second-order valence-corrected chi connectivity index (χ2v) is 6.57. The van der Waals surface area contributed by atoms with Gasteiger partial charge in [0.05, 0.1) is 4.90 Å². The maximum Gasteiger partial charge on any atom is 0.243 e. The molecule has 2 N–H and O–H groups in total. The van der Waals surface area contributed by atoms with Crippen molar-refractivity contribution in [2.75, 3.05) is 6.54 Å². The Morgan fingerprint density at radius 2 is 1.95 bits per heavy atom. The van der Waals surface area contributed by atoms with Crippen LogP contribution in [0.1, 0.15) is 31.9 Å². The van der Waals surface area contributed by atoms with E-state index in [2.05, 4.69) is 0 Å². The third-order valence-corrected chi connectivity index (χ3v) is 5.34. The number of nitrogens with two attached hydrogens (primary N) is 1. The summed E-state index contributed by atoms with van der Waals surface area (Å²) in [7, 11) is -3.70. The molecular formula is C13H21FN2O2S. The van der Waals surface area contributed by atoms with Crippen molar-refractivity contribution in [2.45, 2.75) is 45.2 Å². The van der Waals surface area contributed by atoms with E-state index in [9.17, 15) is 12.8 Å². The number of hydrogen-bond donors (Lipinski definition) is 1. The van der Waals surface area contributed by atoms with Crippen LogP contribution < -0.4 is 5.73 Å². The second kappa shape index (κ2) is 5.98. The highest BCUT2D eigenvalue weighted by Gasteiger charge is 2.28. The van der Waals surface area contributed by atoms with Crippen LogP contribution >= 0.6 is 0 Å². The molecule has 1 rings (SSSR count). The van der Waals surface area contributed by atoms with Crippen LogP contribution in [-0.4, -0.2) is 25.3 Å². The Morgan fingerprint density at radius 1 is 1.37 bits per heavy atom. The van der Waals surface area contributed by atoms with E-state index in [0.717, 1.165) is 0 Å². The van der Waals surface area contributed by atoms with Crippen LogP contribution in [0.3, 0.4) is 0 Å². The highest BCUT2D eigenvalue weighted by Crippen LogP contribution is 2.25. The van der Waals surface area contributed by atoms with Crippen molar-refractivity contribution in [1.29, 1.82) is 0 Å². The van der Waals surface area contributed by atoms with Gasteiger partial charge < -0.3 is 5.73 Å².